The maximum atomic E-state index is 12.6. The zero-order chi connectivity index (χ0) is 22.0. The summed E-state index contributed by atoms with van der Waals surface area (Å²) in [4.78, 5) is 65.2. The Hall–Kier alpha value is -3.44. The number of hydrogen-bond donors (Lipinski definition) is 2. The quantitative estimate of drug-likeness (QED) is 0.598. The van der Waals surface area contributed by atoms with Crippen molar-refractivity contribution in [1.82, 2.24) is 29.3 Å². The number of carbonyl (C=O) groups excluding carboxylic acids is 3. The highest BCUT2D eigenvalue weighted by Crippen LogP contribution is 2.17. The van der Waals surface area contributed by atoms with E-state index in [-0.39, 0.29) is 17.2 Å². The second kappa shape index (κ2) is 8.51. The van der Waals surface area contributed by atoms with Crippen LogP contribution in [-0.4, -0.2) is 48.7 Å². The number of aryl methyl sites for hydroxylation is 2. The minimum Gasteiger partial charge on any atom is -0.451 e. The minimum absolute atomic E-state index is 0.0284. The van der Waals surface area contributed by atoms with Gasteiger partial charge in [0.1, 0.15) is 6.54 Å². The fourth-order valence-electron chi connectivity index (χ4n) is 3.46. The highest BCUT2D eigenvalue weighted by molar-refractivity contribution is 5.97. The number of carbonyl (C=O) groups is 3. The molecule has 3 rings (SSSR count). The van der Waals surface area contributed by atoms with Crippen LogP contribution in [0.15, 0.2) is 15.9 Å². The summed E-state index contributed by atoms with van der Waals surface area (Å²) in [6, 6.07) is -0.623. The minimum atomic E-state index is -1.29. The highest BCUT2D eigenvalue weighted by atomic mass is 16.5. The van der Waals surface area contributed by atoms with Crippen LogP contribution in [0.3, 0.4) is 0 Å². The number of aromatic nitrogens is 4. The monoisotopic (exact) mass is 420 g/mol. The molecule has 2 aromatic rings. The summed E-state index contributed by atoms with van der Waals surface area (Å²) in [5.41, 5.74) is -1.09. The Morgan fingerprint density at radius 3 is 2.57 bits per heavy atom. The van der Waals surface area contributed by atoms with Gasteiger partial charge in [0.05, 0.1) is 6.33 Å². The predicted molar refractivity (Wildman–Crippen MR) is 105 cm³/mol. The molecule has 2 heterocycles. The third-order valence-corrected chi connectivity index (χ3v) is 5.09. The van der Waals surface area contributed by atoms with Crippen molar-refractivity contribution in [2.75, 3.05) is 0 Å². The van der Waals surface area contributed by atoms with Crippen LogP contribution in [0.5, 0.6) is 0 Å². The van der Waals surface area contributed by atoms with Gasteiger partial charge in [-0.05, 0) is 19.8 Å². The lowest BCUT2D eigenvalue weighted by atomic mass is 10.2. The molecule has 1 saturated carbocycles. The summed E-state index contributed by atoms with van der Waals surface area (Å²) in [6.45, 7) is 0.611. The van der Waals surface area contributed by atoms with E-state index in [0.717, 1.165) is 30.3 Å². The van der Waals surface area contributed by atoms with E-state index in [2.05, 4.69) is 15.6 Å². The van der Waals surface area contributed by atoms with Crippen molar-refractivity contribution in [2.45, 2.75) is 51.3 Å². The van der Waals surface area contributed by atoms with Crippen LogP contribution in [0.1, 0.15) is 32.6 Å². The lowest BCUT2D eigenvalue weighted by Gasteiger charge is -2.16. The number of ether oxygens (including phenoxy) is 1. The van der Waals surface area contributed by atoms with Crippen molar-refractivity contribution < 1.29 is 19.1 Å². The maximum Gasteiger partial charge on any atom is 0.333 e. The molecule has 3 amide bonds. The Morgan fingerprint density at radius 2 is 1.90 bits per heavy atom. The number of hydrogen-bond acceptors (Lipinski definition) is 7. The Morgan fingerprint density at radius 1 is 1.23 bits per heavy atom. The first-order valence-electron chi connectivity index (χ1n) is 9.60. The highest BCUT2D eigenvalue weighted by Gasteiger charge is 2.24. The number of fused-ring (bicyclic) bond motifs is 1. The maximum absolute atomic E-state index is 12.6. The van der Waals surface area contributed by atoms with Crippen LogP contribution >= 0.6 is 0 Å². The number of esters is 1. The molecule has 0 aliphatic heterocycles. The van der Waals surface area contributed by atoms with E-state index in [9.17, 15) is 24.0 Å². The number of amides is 3. The van der Waals surface area contributed by atoms with Gasteiger partial charge in [-0.2, -0.15) is 0 Å². The zero-order valence-corrected chi connectivity index (χ0v) is 17.0. The van der Waals surface area contributed by atoms with E-state index in [1.165, 1.54) is 24.9 Å². The van der Waals surface area contributed by atoms with Crippen molar-refractivity contribution in [3.8, 4) is 0 Å². The topological polar surface area (TPSA) is 146 Å². The molecule has 0 saturated heterocycles. The first-order valence-corrected chi connectivity index (χ1v) is 9.60. The Kier molecular flexibility index (Phi) is 6.04. The molecule has 2 aromatic heterocycles. The standard InChI is InChI=1S/C18H24N6O6/c1-10(15(26)21-17(28)20-11-6-4-5-7-11)30-12(25)8-24-16(27)13-14(19-9-22(13)2)23(3)18(24)29/h9-11H,4-8H2,1-3H3,(H2,20,21,26,28). The molecule has 0 aromatic carbocycles. The van der Waals surface area contributed by atoms with Gasteiger partial charge in [0.25, 0.3) is 11.5 Å². The molecular weight excluding hydrogens is 396 g/mol. The molecule has 0 spiro atoms. The second-order valence-electron chi connectivity index (χ2n) is 7.34. The molecule has 1 atom stereocenters. The van der Waals surface area contributed by atoms with Gasteiger partial charge in [-0.25, -0.2) is 19.1 Å². The molecule has 1 aliphatic rings. The van der Waals surface area contributed by atoms with Gasteiger partial charge in [0, 0.05) is 20.1 Å². The number of imidazole rings is 1. The van der Waals surface area contributed by atoms with Crippen molar-refractivity contribution in [3.63, 3.8) is 0 Å². The average molecular weight is 420 g/mol. The molecule has 2 N–H and O–H groups in total. The van der Waals surface area contributed by atoms with Crippen molar-refractivity contribution in [2.24, 2.45) is 14.1 Å². The largest absolute Gasteiger partial charge is 0.451 e. The lowest BCUT2D eigenvalue weighted by Crippen LogP contribution is -2.48. The molecule has 1 aliphatic carbocycles. The van der Waals surface area contributed by atoms with E-state index in [1.807, 2.05) is 0 Å². The van der Waals surface area contributed by atoms with Gasteiger partial charge in [-0.15, -0.1) is 0 Å². The molecule has 162 valence electrons. The van der Waals surface area contributed by atoms with E-state index < -0.39 is 41.8 Å². The smallest absolute Gasteiger partial charge is 0.333 e. The van der Waals surface area contributed by atoms with Crippen LogP contribution in [0.2, 0.25) is 0 Å². The summed E-state index contributed by atoms with van der Waals surface area (Å²) in [5.74, 6) is -1.77. The Labute approximate surface area is 170 Å². The number of nitrogens with zero attached hydrogens (tertiary/aromatic N) is 4. The van der Waals surface area contributed by atoms with Gasteiger partial charge in [0.15, 0.2) is 17.3 Å². The van der Waals surface area contributed by atoms with Crippen LogP contribution in [0.25, 0.3) is 11.2 Å². The summed E-state index contributed by atoms with van der Waals surface area (Å²) in [7, 11) is 3.02. The van der Waals surface area contributed by atoms with Gasteiger partial charge >= 0.3 is 17.7 Å². The number of imide groups is 1. The van der Waals surface area contributed by atoms with Gasteiger partial charge in [-0.1, -0.05) is 12.8 Å². The van der Waals surface area contributed by atoms with Crippen molar-refractivity contribution >= 4 is 29.1 Å². The second-order valence-corrected chi connectivity index (χ2v) is 7.34. The van der Waals surface area contributed by atoms with Gasteiger partial charge < -0.3 is 14.6 Å². The number of nitrogens with one attached hydrogen (secondary N) is 2. The summed E-state index contributed by atoms with van der Waals surface area (Å²) in [6.07, 6.45) is 3.87. The van der Waals surface area contributed by atoms with Crippen LogP contribution in [0, 0.1) is 0 Å². The Balaban J connectivity index is 1.64. The molecule has 12 nitrogen and oxygen atoms in total. The average Bonchev–Trinajstić information content (AvgIpc) is 3.33. The van der Waals surface area contributed by atoms with E-state index in [4.69, 9.17) is 4.74 Å². The third-order valence-electron chi connectivity index (χ3n) is 5.09. The summed E-state index contributed by atoms with van der Waals surface area (Å²) < 4.78 is 8.30. The normalized spacial score (nSPS) is 15.2. The molecule has 12 heteroatoms. The van der Waals surface area contributed by atoms with E-state index >= 15 is 0 Å². The first-order chi connectivity index (χ1) is 14.2. The van der Waals surface area contributed by atoms with Crippen molar-refractivity contribution in [3.05, 3.63) is 27.2 Å². The van der Waals surface area contributed by atoms with Crippen LogP contribution < -0.4 is 21.9 Å². The fourth-order valence-corrected chi connectivity index (χ4v) is 3.46. The Bertz CT molecular complexity index is 1110. The fraction of sp³-hybridized carbons (Fsp3) is 0.556. The van der Waals surface area contributed by atoms with Crippen LogP contribution in [-0.2, 0) is 35.0 Å². The zero-order valence-electron chi connectivity index (χ0n) is 17.0. The molecule has 0 radical (unpaired) electrons. The first kappa shape index (κ1) is 21.3. The van der Waals surface area contributed by atoms with Gasteiger partial charge in [0.2, 0.25) is 0 Å². The third kappa shape index (κ3) is 4.26. The summed E-state index contributed by atoms with van der Waals surface area (Å²) in [5, 5.41) is 4.81. The van der Waals surface area contributed by atoms with Crippen molar-refractivity contribution in [1.29, 1.82) is 0 Å². The molecular formula is C18H24N6O6. The molecule has 1 unspecified atom stereocenters. The van der Waals surface area contributed by atoms with Gasteiger partial charge in [-0.3, -0.25) is 24.3 Å². The van der Waals surface area contributed by atoms with E-state index in [1.54, 1.807) is 7.05 Å². The lowest BCUT2D eigenvalue weighted by molar-refractivity contribution is -0.155. The molecule has 30 heavy (non-hydrogen) atoms. The molecule has 0 bridgehead atoms. The van der Waals surface area contributed by atoms with Crippen LogP contribution in [0.4, 0.5) is 4.79 Å². The SMILES string of the molecule is CC(OC(=O)Cn1c(=O)c2c(ncn2C)n(C)c1=O)C(=O)NC(=O)NC1CCCC1. The molecule has 1 fully saturated rings. The predicted octanol–water partition coefficient (Wildman–Crippen LogP) is -0.866. The van der Waals surface area contributed by atoms with E-state index in [0.29, 0.717) is 4.57 Å². The number of urea groups is 1. The number of rotatable bonds is 5. The summed E-state index contributed by atoms with van der Waals surface area (Å²) >= 11 is 0.